The molecule has 2 aromatic carbocycles. The molecule has 0 fully saturated rings. The number of nitrogens with two attached hydrogens (primary N) is 1. The van der Waals surface area contributed by atoms with Crippen molar-refractivity contribution < 1.29 is 9.18 Å². The molecule has 0 spiro atoms. The molecule has 26 heavy (non-hydrogen) atoms. The van der Waals surface area contributed by atoms with Crippen LogP contribution in [0, 0.1) is 5.82 Å². The lowest BCUT2D eigenvalue weighted by atomic mass is 10.2. The predicted octanol–water partition coefficient (Wildman–Crippen LogP) is 3.46. The van der Waals surface area contributed by atoms with Crippen LogP contribution in [0.25, 0.3) is 0 Å². The summed E-state index contributed by atoms with van der Waals surface area (Å²) in [4.78, 5) is 20.1. The van der Waals surface area contributed by atoms with Crippen molar-refractivity contribution >= 4 is 44.8 Å². The van der Waals surface area contributed by atoms with Crippen LogP contribution in [-0.2, 0) is 0 Å². The van der Waals surface area contributed by atoms with E-state index in [9.17, 15) is 9.18 Å². The van der Waals surface area contributed by atoms with Gasteiger partial charge in [-0.25, -0.2) is 14.4 Å². The predicted molar refractivity (Wildman–Crippen MR) is 101 cm³/mol. The summed E-state index contributed by atoms with van der Waals surface area (Å²) in [5.41, 5.74) is 11.9. The largest absolute Gasteiger partial charge is 0.393 e. The maximum absolute atomic E-state index is 13.6. The summed E-state index contributed by atoms with van der Waals surface area (Å²) in [7, 11) is 0. The molecule has 0 aliphatic carbocycles. The molecule has 0 atom stereocenters. The minimum Gasteiger partial charge on any atom is -0.393 e. The number of nitrogens with one attached hydrogen (secondary N) is 3. The lowest BCUT2D eigenvalue weighted by Gasteiger charge is -2.13. The molecule has 5 N–H and O–H groups in total. The average Bonchev–Trinajstić information content (AvgIpc) is 2.62. The summed E-state index contributed by atoms with van der Waals surface area (Å²) >= 11 is 3.38. The lowest BCUT2D eigenvalue weighted by molar-refractivity contribution is 0.0958. The maximum atomic E-state index is 13.6. The Morgan fingerprint density at radius 1 is 1.08 bits per heavy atom. The summed E-state index contributed by atoms with van der Waals surface area (Å²) in [5.74, 6) is -0.731. The van der Waals surface area contributed by atoms with Crippen LogP contribution in [0.5, 0.6) is 0 Å². The third-order valence-corrected chi connectivity index (χ3v) is 3.88. The Balaban J connectivity index is 1.73. The first-order chi connectivity index (χ1) is 12.5. The van der Waals surface area contributed by atoms with Crippen molar-refractivity contribution in [2.75, 3.05) is 16.5 Å². The highest BCUT2D eigenvalue weighted by atomic mass is 79.9. The zero-order valence-electron chi connectivity index (χ0n) is 13.3. The van der Waals surface area contributed by atoms with Gasteiger partial charge < -0.3 is 11.1 Å². The number of hydrazine groups is 1. The first-order valence-corrected chi connectivity index (χ1v) is 8.28. The molecule has 0 unspecified atom stereocenters. The SMILES string of the molecule is Nc1c(NNC(=O)c2ccccc2F)ncnc1Nc1cccc(Br)c1. The summed E-state index contributed by atoms with van der Waals surface area (Å²) < 4.78 is 14.5. The number of anilines is 4. The second-order valence-electron chi connectivity index (χ2n) is 5.18. The Hall–Kier alpha value is -3.20. The van der Waals surface area contributed by atoms with Crippen molar-refractivity contribution in [2.45, 2.75) is 0 Å². The highest BCUT2D eigenvalue weighted by Gasteiger charge is 2.13. The van der Waals surface area contributed by atoms with E-state index in [0.717, 1.165) is 10.2 Å². The van der Waals surface area contributed by atoms with Crippen LogP contribution in [0.1, 0.15) is 10.4 Å². The standard InChI is InChI=1S/C17H14BrFN6O/c18-10-4-3-5-11(8-10)23-15-14(20)16(22-9-21-15)24-25-17(26)12-6-1-2-7-13(12)19/h1-9H,20H2,(H,25,26)(H2,21,22,23,24). The van der Waals surface area contributed by atoms with Crippen molar-refractivity contribution in [3.63, 3.8) is 0 Å². The summed E-state index contributed by atoms with van der Waals surface area (Å²) in [6, 6.07) is 13.1. The zero-order valence-corrected chi connectivity index (χ0v) is 14.9. The molecule has 0 bridgehead atoms. The Morgan fingerprint density at radius 3 is 2.62 bits per heavy atom. The minimum absolute atomic E-state index is 0.0971. The van der Waals surface area contributed by atoms with E-state index in [0.29, 0.717) is 5.82 Å². The van der Waals surface area contributed by atoms with Gasteiger partial charge in [-0.05, 0) is 30.3 Å². The Bertz CT molecular complexity index is 952. The van der Waals surface area contributed by atoms with Gasteiger partial charge >= 0.3 is 0 Å². The van der Waals surface area contributed by atoms with Gasteiger partial charge in [-0.15, -0.1) is 0 Å². The van der Waals surface area contributed by atoms with Crippen LogP contribution in [-0.4, -0.2) is 15.9 Å². The third kappa shape index (κ3) is 4.06. The highest BCUT2D eigenvalue weighted by Crippen LogP contribution is 2.26. The minimum atomic E-state index is -0.650. The fourth-order valence-electron chi connectivity index (χ4n) is 2.13. The van der Waals surface area contributed by atoms with Gasteiger partial charge in [0.2, 0.25) is 0 Å². The topological polar surface area (TPSA) is 105 Å². The third-order valence-electron chi connectivity index (χ3n) is 3.38. The van der Waals surface area contributed by atoms with Crippen LogP contribution < -0.4 is 21.9 Å². The summed E-state index contributed by atoms with van der Waals surface area (Å²) in [5, 5.41) is 3.06. The first kappa shape index (κ1) is 17.6. The van der Waals surface area contributed by atoms with Crippen LogP contribution in [0.3, 0.4) is 0 Å². The number of rotatable bonds is 5. The molecule has 1 amide bonds. The number of carbonyl (C=O) groups excluding carboxylic acids is 1. The normalized spacial score (nSPS) is 10.2. The zero-order chi connectivity index (χ0) is 18.5. The number of hydrogen-bond acceptors (Lipinski definition) is 6. The van der Waals surface area contributed by atoms with E-state index in [1.54, 1.807) is 6.07 Å². The van der Waals surface area contributed by atoms with E-state index >= 15 is 0 Å². The Labute approximate surface area is 157 Å². The van der Waals surface area contributed by atoms with Gasteiger partial charge in [0.1, 0.15) is 17.8 Å². The molecular formula is C17H14BrFN6O. The van der Waals surface area contributed by atoms with Gasteiger partial charge in [-0.1, -0.05) is 34.1 Å². The molecule has 3 aromatic rings. The number of aromatic nitrogens is 2. The second kappa shape index (κ2) is 7.79. The Kier molecular flexibility index (Phi) is 5.28. The molecule has 132 valence electrons. The average molecular weight is 417 g/mol. The molecule has 0 aliphatic heterocycles. The number of amides is 1. The highest BCUT2D eigenvalue weighted by molar-refractivity contribution is 9.10. The van der Waals surface area contributed by atoms with Crippen LogP contribution in [0.15, 0.2) is 59.3 Å². The molecule has 0 aliphatic rings. The van der Waals surface area contributed by atoms with E-state index in [-0.39, 0.29) is 17.1 Å². The summed E-state index contributed by atoms with van der Waals surface area (Å²) in [6.07, 6.45) is 1.29. The molecule has 0 saturated carbocycles. The molecular weight excluding hydrogens is 403 g/mol. The van der Waals surface area contributed by atoms with Gasteiger partial charge in [0.15, 0.2) is 11.6 Å². The Morgan fingerprint density at radius 2 is 1.85 bits per heavy atom. The smallest absolute Gasteiger partial charge is 0.272 e. The number of hydrogen-bond donors (Lipinski definition) is 4. The van der Waals surface area contributed by atoms with Crippen LogP contribution in [0.2, 0.25) is 0 Å². The van der Waals surface area contributed by atoms with Crippen molar-refractivity contribution in [1.29, 1.82) is 0 Å². The molecule has 3 rings (SSSR count). The van der Waals surface area contributed by atoms with E-state index < -0.39 is 11.7 Å². The molecule has 1 aromatic heterocycles. The second-order valence-corrected chi connectivity index (χ2v) is 6.09. The van der Waals surface area contributed by atoms with Crippen LogP contribution >= 0.6 is 15.9 Å². The molecule has 0 radical (unpaired) electrons. The van der Waals surface area contributed by atoms with Gasteiger partial charge in [0, 0.05) is 10.2 Å². The van der Waals surface area contributed by atoms with Gasteiger partial charge in [-0.3, -0.25) is 15.6 Å². The number of halogens is 2. The first-order valence-electron chi connectivity index (χ1n) is 7.48. The van der Waals surface area contributed by atoms with Crippen molar-refractivity contribution in [1.82, 2.24) is 15.4 Å². The van der Waals surface area contributed by atoms with Crippen molar-refractivity contribution in [3.05, 3.63) is 70.7 Å². The fraction of sp³-hybridized carbons (Fsp3) is 0. The molecule has 1 heterocycles. The maximum Gasteiger partial charge on any atom is 0.272 e. The summed E-state index contributed by atoms with van der Waals surface area (Å²) in [6.45, 7) is 0. The van der Waals surface area contributed by atoms with Crippen LogP contribution in [0.4, 0.5) is 27.4 Å². The van der Waals surface area contributed by atoms with E-state index in [2.05, 4.69) is 42.1 Å². The number of carbonyl (C=O) groups is 1. The lowest BCUT2D eigenvalue weighted by Crippen LogP contribution is -2.31. The molecule has 9 heteroatoms. The van der Waals surface area contributed by atoms with E-state index in [1.165, 1.54) is 24.5 Å². The van der Waals surface area contributed by atoms with E-state index in [4.69, 9.17) is 5.73 Å². The van der Waals surface area contributed by atoms with Crippen molar-refractivity contribution in [2.24, 2.45) is 0 Å². The number of nitrogen functional groups attached to an aromatic ring is 1. The monoisotopic (exact) mass is 416 g/mol. The number of benzene rings is 2. The quantitative estimate of drug-likeness (QED) is 0.474. The fourth-order valence-corrected chi connectivity index (χ4v) is 2.53. The van der Waals surface area contributed by atoms with Gasteiger partial charge in [0.05, 0.1) is 5.56 Å². The van der Waals surface area contributed by atoms with Gasteiger partial charge in [-0.2, -0.15) is 0 Å². The molecule has 0 saturated heterocycles. The number of nitrogens with zero attached hydrogens (tertiary/aromatic N) is 2. The van der Waals surface area contributed by atoms with Gasteiger partial charge in [0.25, 0.3) is 5.91 Å². The molecule has 7 nitrogen and oxygen atoms in total. The van der Waals surface area contributed by atoms with Crippen molar-refractivity contribution in [3.8, 4) is 0 Å². The van der Waals surface area contributed by atoms with E-state index in [1.807, 2.05) is 24.3 Å².